The molecule has 1 aromatic carbocycles. The number of hydrogen-bond donors (Lipinski definition) is 2. The number of nitrogens with one attached hydrogen (secondary N) is 1. The quantitative estimate of drug-likeness (QED) is 0.835. The predicted molar refractivity (Wildman–Crippen MR) is 68.7 cm³/mol. The summed E-state index contributed by atoms with van der Waals surface area (Å²) in [4.78, 5) is 24.8. The van der Waals surface area contributed by atoms with Crippen molar-refractivity contribution in [3.63, 3.8) is 0 Å². The Hall–Kier alpha value is -2.04. The monoisotopic (exact) mass is 248 g/mol. The number of carbonyl (C=O) groups excluding carboxylic acids is 1. The molecular formula is C13H16N2O3. The fourth-order valence-electron chi connectivity index (χ4n) is 2.09. The summed E-state index contributed by atoms with van der Waals surface area (Å²) in [6.07, 6.45) is 0. The van der Waals surface area contributed by atoms with Gasteiger partial charge in [0, 0.05) is 0 Å². The van der Waals surface area contributed by atoms with Crippen LogP contribution in [0.2, 0.25) is 0 Å². The molecule has 0 aromatic heterocycles. The van der Waals surface area contributed by atoms with Crippen LogP contribution in [-0.2, 0) is 9.59 Å². The highest BCUT2D eigenvalue weighted by molar-refractivity contribution is 6.10. The minimum Gasteiger partial charge on any atom is -0.480 e. The van der Waals surface area contributed by atoms with Crippen molar-refractivity contribution >= 4 is 23.3 Å². The Kier molecular flexibility index (Phi) is 2.77. The molecule has 96 valence electrons. The number of rotatable bonds is 2. The fourth-order valence-corrected chi connectivity index (χ4v) is 2.09. The zero-order valence-corrected chi connectivity index (χ0v) is 10.6. The van der Waals surface area contributed by atoms with Gasteiger partial charge in [-0.2, -0.15) is 0 Å². The van der Waals surface area contributed by atoms with Crippen LogP contribution in [-0.4, -0.2) is 28.6 Å². The molecule has 0 fully saturated rings. The second-order valence-corrected chi connectivity index (χ2v) is 4.96. The van der Waals surface area contributed by atoms with Crippen molar-refractivity contribution in [2.75, 3.05) is 10.2 Å². The normalized spacial score (nSPS) is 18.8. The van der Waals surface area contributed by atoms with E-state index in [-0.39, 0.29) is 5.91 Å². The van der Waals surface area contributed by atoms with Gasteiger partial charge in [-0.05, 0) is 32.9 Å². The summed E-state index contributed by atoms with van der Waals surface area (Å²) in [5.74, 6) is -1.26. The topological polar surface area (TPSA) is 69.6 Å². The van der Waals surface area contributed by atoms with Crippen LogP contribution in [0.25, 0.3) is 0 Å². The number of para-hydroxylation sites is 2. The second-order valence-electron chi connectivity index (χ2n) is 4.96. The second kappa shape index (κ2) is 4.01. The first-order valence-electron chi connectivity index (χ1n) is 5.78. The lowest BCUT2D eigenvalue weighted by Gasteiger charge is -2.41. The van der Waals surface area contributed by atoms with Gasteiger partial charge in [0.25, 0.3) is 5.91 Å². The molecule has 5 heteroatoms. The van der Waals surface area contributed by atoms with Crippen molar-refractivity contribution in [3.8, 4) is 0 Å². The van der Waals surface area contributed by atoms with E-state index >= 15 is 0 Å². The zero-order chi connectivity index (χ0) is 13.5. The molecular weight excluding hydrogens is 232 g/mol. The average molecular weight is 248 g/mol. The van der Waals surface area contributed by atoms with E-state index in [4.69, 9.17) is 5.11 Å². The largest absolute Gasteiger partial charge is 0.480 e. The third-order valence-corrected chi connectivity index (χ3v) is 3.11. The average Bonchev–Trinajstić information content (AvgIpc) is 2.29. The van der Waals surface area contributed by atoms with E-state index in [9.17, 15) is 9.59 Å². The number of aliphatic carboxylic acids is 1. The Labute approximate surface area is 105 Å². The van der Waals surface area contributed by atoms with Gasteiger partial charge in [-0.1, -0.05) is 12.1 Å². The summed E-state index contributed by atoms with van der Waals surface area (Å²) in [5.41, 5.74) is 0.574. The van der Waals surface area contributed by atoms with Crippen molar-refractivity contribution in [1.29, 1.82) is 0 Å². The van der Waals surface area contributed by atoms with Crippen LogP contribution in [0.5, 0.6) is 0 Å². The lowest BCUT2D eigenvalue weighted by molar-refractivity contribution is -0.140. The van der Waals surface area contributed by atoms with E-state index in [1.807, 2.05) is 12.1 Å². The molecule has 1 aliphatic rings. The highest BCUT2D eigenvalue weighted by Crippen LogP contribution is 2.36. The molecule has 2 N–H and O–H groups in total. The van der Waals surface area contributed by atoms with Crippen LogP contribution < -0.4 is 10.2 Å². The number of amides is 1. The Balaban J connectivity index is 2.56. The molecule has 18 heavy (non-hydrogen) atoms. The highest BCUT2D eigenvalue weighted by atomic mass is 16.4. The number of carbonyl (C=O) groups is 2. The SMILES string of the molecule is CC(C(=O)O)N1C(=O)C(C)(C)Nc2ccccc21. The third kappa shape index (κ3) is 1.81. The van der Waals surface area contributed by atoms with Gasteiger partial charge in [0.05, 0.1) is 11.4 Å². The van der Waals surface area contributed by atoms with E-state index in [0.29, 0.717) is 5.69 Å². The fraction of sp³-hybridized carbons (Fsp3) is 0.385. The summed E-state index contributed by atoms with van der Waals surface area (Å²) in [7, 11) is 0. The van der Waals surface area contributed by atoms with E-state index in [0.717, 1.165) is 5.69 Å². The Bertz CT molecular complexity index is 511. The van der Waals surface area contributed by atoms with Crippen LogP contribution in [0, 0.1) is 0 Å². The van der Waals surface area contributed by atoms with Crippen molar-refractivity contribution in [1.82, 2.24) is 0 Å². The lowest BCUT2D eigenvalue weighted by atomic mass is 9.96. The first-order chi connectivity index (χ1) is 8.34. The van der Waals surface area contributed by atoms with Crippen LogP contribution >= 0.6 is 0 Å². The minimum absolute atomic E-state index is 0.240. The predicted octanol–water partition coefficient (Wildman–Crippen LogP) is 1.70. The molecule has 1 aliphatic heterocycles. The molecule has 0 radical (unpaired) electrons. The van der Waals surface area contributed by atoms with Crippen molar-refractivity contribution in [2.45, 2.75) is 32.4 Å². The molecule has 0 saturated heterocycles. The maximum Gasteiger partial charge on any atom is 0.326 e. The number of anilines is 2. The maximum absolute atomic E-state index is 12.4. The number of benzene rings is 1. The van der Waals surface area contributed by atoms with Gasteiger partial charge in [0.1, 0.15) is 11.6 Å². The van der Waals surface area contributed by atoms with Crippen LogP contribution in [0.1, 0.15) is 20.8 Å². The van der Waals surface area contributed by atoms with Gasteiger partial charge < -0.3 is 10.4 Å². The van der Waals surface area contributed by atoms with Crippen molar-refractivity contribution < 1.29 is 14.7 Å². The smallest absolute Gasteiger partial charge is 0.326 e. The van der Waals surface area contributed by atoms with Crippen molar-refractivity contribution in [2.24, 2.45) is 0 Å². The van der Waals surface area contributed by atoms with Gasteiger partial charge in [0.15, 0.2) is 0 Å². The molecule has 1 aromatic rings. The molecule has 1 atom stereocenters. The van der Waals surface area contributed by atoms with Gasteiger partial charge in [-0.3, -0.25) is 9.69 Å². The summed E-state index contributed by atoms with van der Waals surface area (Å²) in [6.45, 7) is 5.00. The lowest BCUT2D eigenvalue weighted by Crippen LogP contribution is -2.58. The summed E-state index contributed by atoms with van der Waals surface area (Å²) < 4.78 is 0. The number of fused-ring (bicyclic) bond motifs is 1. The van der Waals surface area contributed by atoms with E-state index < -0.39 is 17.6 Å². The van der Waals surface area contributed by atoms with Crippen LogP contribution in [0.15, 0.2) is 24.3 Å². The number of carboxylic acids is 1. The molecule has 1 amide bonds. The first-order valence-corrected chi connectivity index (χ1v) is 5.78. The number of nitrogens with zero attached hydrogens (tertiary/aromatic N) is 1. The van der Waals surface area contributed by atoms with E-state index in [1.165, 1.54) is 11.8 Å². The number of hydrogen-bond acceptors (Lipinski definition) is 3. The third-order valence-electron chi connectivity index (χ3n) is 3.11. The molecule has 0 saturated carbocycles. The summed E-state index contributed by atoms with van der Waals surface area (Å²) in [6, 6.07) is 6.33. The molecule has 5 nitrogen and oxygen atoms in total. The first kappa shape index (κ1) is 12.4. The Morgan fingerprint density at radius 1 is 1.39 bits per heavy atom. The van der Waals surface area contributed by atoms with Crippen LogP contribution in [0.4, 0.5) is 11.4 Å². The van der Waals surface area contributed by atoms with Gasteiger partial charge in [0.2, 0.25) is 0 Å². The molecule has 2 rings (SSSR count). The number of carboxylic acid groups (broad SMARTS) is 1. The molecule has 0 bridgehead atoms. The molecule has 1 heterocycles. The standard InChI is InChI=1S/C13H16N2O3/c1-8(11(16)17)15-10-7-5-4-6-9(10)14-13(2,3)12(15)18/h4-8,14H,1-3H3,(H,16,17). The molecule has 0 spiro atoms. The molecule has 0 aliphatic carbocycles. The minimum atomic E-state index is -1.02. The summed E-state index contributed by atoms with van der Waals surface area (Å²) in [5, 5.41) is 12.3. The highest BCUT2D eigenvalue weighted by Gasteiger charge is 2.42. The zero-order valence-electron chi connectivity index (χ0n) is 10.6. The molecule has 1 unspecified atom stereocenters. The van der Waals surface area contributed by atoms with Crippen molar-refractivity contribution in [3.05, 3.63) is 24.3 Å². The maximum atomic E-state index is 12.4. The van der Waals surface area contributed by atoms with Gasteiger partial charge in [-0.25, -0.2) is 4.79 Å². The Morgan fingerprint density at radius 3 is 2.61 bits per heavy atom. The van der Waals surface area contributed by atoms with Crippen LogP contribution in [0.3, 0.4) is 0 Å². The van der Waals surface area contributed by atoms with E-state index in [2.05, 4.69) is 5.32 Å². The van der Waals surface area contributed by atoms with Gasteiger partial charge in [-0.15, -0.1) is 0 Å². The van der Waals surface area contributed by atoms with Gasteiger partial charge >= 0.3 is 5.97 Å². The van der Waals surface area contributed by atoms with E-state index in [1.54, 1.807) is 26.0 Å². The summed E-state index contributed by atoms with van der Waals surface area (Å²) >= 11 is 0. The Morgan fingerprint density at radius 2 is 2.00 bits per heavy atom.